The first-order chi connectivity index (χ1) is 6.83. The number of hydrogen-bond donors (Lipinski definition) is 1. The van der Waals surface area contributed by atoms with Gasteiger partial charge in [-0.3, -0.25) is 0 Å². The molecule has 3 heteroatoms. The lowest BCUT2D eigenvalue weighted by Gasteiger charge is -2.27. The second-order valence-electron chi connectivity index (χ2n) is 3.82. The molecule has 2 heterocycles. The Morgan fingerprint density at radius 2 is 2.29 bits per heavy atom. The number of rotatable bonds is 1. The minimum absolute atomic E-state index is 0.724. The number of aryl methyl sites for hydroxylation is 1. The average molecular weight is 204 g/mol. The molecule has 0 saturated carbocycles. The van der Waals surface area contributed by atoms with Gasteiger partial charge in [-0.2, -0.15) is 0 Å². The Kier molecular flexibility index (Phi) is 1.82. The normalized spacial score (nSPS) is 17.2. The predicted molar refractivity (Wildman–Crippen MR) is 60.0 cm³/mol. The Labute approximate surface area is 87.0 Å². The van der Waals surface area contributed by atoms with Gasteiger partial charge in [0.1, 0.15) is 0 Å². The van der Waals surface area contributed by atoms with Crippen LogP contribution in [0.15, 0.2) is 18.2 Å². The SMILES string of the molecule is Cc1nc2ccc(C3CNC3)cc2s1. The van der Waals surface area contributed by atoms with Crippen LogP contribution in [0.1, 0.15) is 16.5 Å². The van der Waals surface area contributed by atoms with Gasteiger partial charge in [0.2, 0.25) is 0 Å². The molecule has 2 aromatic rings. The fourth-order valence-corrected chi connectivity index (χ4v) is 2.71. The van der Waals surface area contributed by atoms with Crippen LogP contribution < -0.4 is 5.32 Å². The van der Waals surface area contributed by atoms with Crippen LogP contribution in [0.4, 0.5) is 0 Å². The molecule has 1 aromatic heterocycles. The Hall–Kier alpha value is -0.930. The lowest BCUT2D eigenvalue weighted by Crippen LogP contribution is -2.39. The summed E-state index contributed by atoms with van der Waals surface area (Å²) >= 11 is 1.79. The largest absolute Gasteiger partial charge is 0.315 e. The molecule has 0 radical (unpaired) electrons. The van der Waals surface area contributed by atoms with E-state index in [1.165, 1.54) is 10.3 Å². The topological polar surface area (TPSA) is 24.9 Å². The monoisotopic (exact) mass is 204 g/mol. The van der Waals surface area contributed by atoms with Crippen molar-refractivity contribution in [1.29, 1.82) is 0 Å². The first-order valence-electron chi connectivity index (χ1n) is 4.91. The Morgan fingerprint density at radius 3 is 3.00 bits per heavy atom. The van der Waals surface area contributed by atoms with Gasteiger partial charge in [0.15, 0.2) is 0 Å². The van der Waals surface area contributed by atoms with Crippen LogP contribution in [-0.2, 0) is 0 Å². The van der Waals surface area contributed by atoms with Crippen molar-refractivity contribution in [2.45, 2.75) is 12.8 Å². The maximum Gasteiger partial charge on any atom is 0.0907 e. The first kappa shape index (κ1) is 8.38. The number of hydrogen-bond acceptors (Lipinski definition) is 3. The Bertz CT molecular complexity index is 471. The molecule has 0 aliphatic carbocycles. The van der Waals surface area contributed by atoms with Crippen molar-refractivity contribution in [3.8, 4) is 0 Å². The highest BCUT2D eigenvalue weighted by molar-refractivity contribution is 7.18. The molecule has 14 heavy (non-hydrogen) atoms. The zero-order valence-electron chi connectivity index (χ0n) is 8.08. The van der Waals surface area contributed by atoms with Crippen molar-refractivity contribution in [2.24, 2.45) is 0 Å². The maximum absolute atomic E-state index is 4.46. The lowest BCUT2D eigenvalue weighted by atomic mass is 9.94. The molecule has 1 N–H and O–H groups in total. The van der Waals surface area contributed by atoms with E-state index in [0.717, 1.165) is 29.5 Å². The van der Waals surface area contributed by atoms with E-state index in [-0.39, 0.29) is 0 Å². The average Bonchev–Trinajstić information content (AvgIpc) is 2.40. The van der Waals surface area contributed by atoms with E-state index < -0.39 is 0 Å². The highest BCUT2D eigenvalue weighted by Crippen LogP contribution is 2.27. The Balaban J connectivity index is 2.09. The van der Waals surface area contributed by atoms with Gasteiger partial charge >= 0.3 is 0 Å². The molecule has 1 aliphatic heterocycles. The number of thiazole rings is 1. The predicted octanol–water partition coefficient (Wildman–Crippen LogP) is 2.29. The summed E-state index contributed by atoms with van der Waals surface area (Å²) in [5.74, 6) is 0.724. The van der Waals surface area contributed by atoms with E-state index >= 15 is 0 Å². The number of benzene rings is 1. The van der Waals surface area contributed by atoms with E-state index in [4.69, 9.17) is 0 Å². The lowest BCUT2D eigenvalue weighted by molar-refractivity contribution is 0.449. The summed E-state index contributed by atoms with van der Waals surface area (Å²) in [5.41, 5.74) is 2.60. The summed E-state index contributed by atoms with van der Waals surface area (Å²) < 4.78 is 1.33. The van der Waals surface area contributed by atoms with Gasteiger partial charge in [0.25, 0.3) is 0 Å². The summed E-state index contributed by atoms with van der Waals surface area (Å²) in [6, 6.07) is 6.66. The van der Waals surface area contributed by atoms with Gasteiger partial charge in [-0.05, 0) is 24.6 Å². The second-order valence-corrected chi connectivity index (χ2v) is 5.05. The Morgan fingerprint density at radius 1 is 1.43 bits per heavy atom. The molecule has 0 spiro atoms. The van der Waals surface area contributed by atoms with Crippen LogP contribution in [0.25, 0.3) is 10.2 Å². The maximum atomic E-state index is 4.46. The van der Waals surface area contributed by atoms with E-state index in [2.05, 4.69) is 35.4 Å². The van der Waals surface area contributed by atoms with Crippen LogP contribution >= 0.6 is 11.3 Å². The third kappa shape index (κ3) is 1.24. The van der Waals surface area contributed by atoms with Crippen LogP contribution in [0, 0.1) is 6.92 Å². The number of fused-ring (bicyclic) bond motifs is 1. The van der Waals surface area contributed by atoms with Crippen LogP contribution in [0.2, 0.25) is 0 Å². The molecular weight excluding hydrogens is 192 g/mol. The molecule has 1 aromatic carbocycles. The fraction of sp³-hybridized carbons (Fsp3) is 0.364. The van der Waals surface area contributed by atoms with Crippen molar-refractivity contribution in [3.63, 3.8) is 0 Å². The van der Waals surface area contributed by atoms with E-state index in [0.29, 0.717) is 0 Å². The van der Waals surface area contributed by atoms with Crippen LogP contribution in [0.5, 0.6) is 0 Å². The van der Waals surface area contributed by atoms with Gasteiger partial charge in [-0.1, -0.05) is 6.07 Å². The molecule has 1 fully saturated rings. The van der Waals surface area contributed by atoms with Crippen molar-refractivity contribution >= 4 is 21.6 Å². The first-order valence-corrected chi connectivity index (χ1v) is 5.72. The number of nitrogens with one attached hydrogen (secondary N) is 1. The minimum Gasteiger partial charge on any atom is -0.315 e. The van der Waals surface area contributed by atoms with Crippen molar-refractivity contribution in [3.05, 3.63) is 28.8 Å². The molecule has 2 nitrogen and oxygen atoms in total. The van der Waals surface area contributed by atoms with Gasteiger partial charge in [-0.15, -0.1) is 11.3 Å². The molecular formula is C11H12N2S. The van der Waals surface area contributed by atoms with Crippen molar-refractivity contribution in [1.82, 2.24) is 10.3 Å². The highest BCUT2D eigenvalue weighted by atomic mass is 32.1. The molecule has 0 atom stereocenters. The smallest absolute Gasteiger partial charge is 0.0907 e. The minimum atomic E-state index is 0.724. The molecule has 3 rings (SSSR count). The fourth-order valence-electron chi connectivity index (χ4n) is 1.83. The zero-order valence-corrected chi connectivity index (χ0v) is 8.90. The van der Waals surface area contributed by atoms with Crippen molar-refractivity contribution in [2.75, 3.05) is 13.1 Å². The molecule has 72 valence electrons. The zero-order chi connectivity index (χ0) is 9.54. The quantitative estimate of drug-likeness (QED) is 0.771. The van der Waals surface area contributed by atoms with Gasteiger partial charge in [0.05, 0.1) is 15.2 Å². The van der Waals surface area contributed by atoms with E-state index in [1.54, 1.807) is 11.3 Å². The van der Waals surface area contributed by atoms with Crippen LogP contribution in [-0.4, -0.2) is 18.1 Å². The van der Waals surface area contributed by atoms with Gasteiger partial charge < -0.3 is 5.32 Å². The summed E-state index contributed by atoms with van der Waals surface area (Å²) in [6.45, 7) is 4.32. The molecule has 0 bridgehead atoms. The summed E-state index contributed by atoms with van der Waals surface area (Å²) in [4.78, 5) is 4.46. The molecule has 0 amide bonds. The third-order valence-corrected chi connectivity index (χ3v) is 3.71. The number of nitrogens with zero attached hydrogens (tertiary/aromatic N) is 1. The summed E-state index contributed by atoms with van der Waals surface area (Å²) in [7, 11) is 0. The molecule has 1 saturated heterocycles. The highest BCUT2D eigenvalue weighted by Gasteiger charge is 2.19. The van der Waals surface area contributed by atoms with E-state index in [9.17, 15) is 0 Å². The van der Waals surface area contributed by atoms with Crippen LogP contribution in [0.3, 0.4) is 0 Å². The summed E-state index contributed by atoms with van der Waals surface area (Å²) in [5, 5.41) is 4.46. The van der Waals surface area contributed by atoms with Crippen molar-refractivity contribution < 1.29 is 0 Å². The van der Waals surface area contributed by atoms with Gasteiger partial charge in [0, 0.05) is 19.0 Å². The molecule has 0 unspecified atom stereocenters. The number of aromatic nitrogens is 1. The molecule has 1 aliphatic rings. The van der Waals surface area contributed by atoms with E-state index in [1.807, 2.05) is 0 Å². The summed E-state index contributed by atoms with van der Waals surface area (Å²) in [6.07, 6.45) is 0. The third-order valence-electron chi connectivity index (χ3n) is 2.77. The second kappa shape index (κ2) is 3.04. The standard InChI is InChI=1S/C11H12N2S/c1-7-13-10-3-2-8(4-11(10)14-7)9-5-12-6-9/h2-4,9,12H,5-6H2,1H3. The van der Waals surface area contributed by atoms with Gasteiger partial charge in [-0.25, -0.2) is 4.98 Å².